The van der Waals surface area contributed by atoms with Crippen LogP contribution < -0.4 is 20.3 Å². The standard InChI is InChI=1S/C24H31FN4O.HI/c1-26-23(28-17-24(11-12-24)19-6-5-7-20(25)14-19)27-15-18-10-13-29(16-18)21-8-3-4-9-22(21)30-2;/h3-9,14,18H,10-13,15-17H2,1-2H3,(H2,26,27,28);1H. The van der Waals surface area contributed by atoms with E-state index in [2.05, 4.69) is 32.7 Å². The topological polar surface area (TPSA) is 48.9 Å². The SMILES string of the molecule is CN=C(NCC1CCN(c2ccccc2OC)C1)NCC1(c2cccc(F)c2)CC1.I. The first kappa shape index (κ1) is 23.6. The van der Waals surface area contributed by atoms with E-state index < -0.39 is 0 Å². The lowest BCUT2D eigenvalue weighted by atomic mass is 9.96. The van der Waals surface area contributed by atoms with Gasteiger partial charge in [-0.15, -0.1) is 24.0 Å². The Labute approximate surface area is 201 Å². The van der Waals surface area contributed by atoms with E-state index in [1.54, 1.807) is 26.3 Å². The zero-order chi connectivity index (χ0) is 21.0. The van der Waals surface area contributed by atoms with E-state index in [1.807, 2.05) is 18.2 Å². The highest BCUT2D eigenvalue weighted by molar-refractivity contribution is 14.0. The number of anilines is 1. The van der Waals surface area contributed by atoms with E-state index in [0.717, 1.165) is 68.4 Å². The Morgan fingerprint density at radius 3 is 2.71 bits per heavy atom. The lowest BCUT2D eigenvalue weighted by molar-refractivity contribution is 0.414. The zero-order valence-electron chi connectivity index (χ0n) is 18.2. The van der Waals surface area contributed by atoms with Crippen molar-refractivity contribution in [1.82, 2.24) is 10.6 Å². The van der Waals surface area contributed by atoms with Gasteiger partial charge in [0.15, 0.2) is 5.96 Å². The maximum atomic E-state index is 13.6. The summed E-state index contributed by atoms with van der Waals surface area (Å²) in [6.45, 7) is 3.67. The molecule has 0 radical (unpaired) electrons. The van der Waals surface area contributed by atoms with Gasteiger partial charge in [-0.1, -0.05) is 24.3 Å². The minimum absolute atomic E-state index is 0. The molecule has 2 aromatic rings. The molecule has 7 heteroatoms. The maximum Gasteiger partial charge on any atom is 0.191 e. The smallest absolute Gasteiger partial charge is 0.191 e. The quantitative estimate of drug-likeness (QED) is 0.316. The van der Waals surface area contributed by atoms with Gasteiger partial charge in [-0.05, 0) is 55.0 Å². The first-order valence-electron chi connectivity index (χ1n) is 10.7. The molecule has 2 N–H and O–H groups in total. The molecule has 4 rings (SSSR count). The fourth-order valence-electron chi connectivity index (χ4n) is 4.36. The van der Waals surface area contributed by atoms with Gasteiger partial charge in [-0.25, -0.2) is 4.39 Å². The van der Waals surface area contributed by atoms with Gasteiger partial charge in [0.25, 0.3) is 0 Å². The van der Waals surface area contributed by atoms with Crippen LogP contribution in [0.1, 0.15) is 24.8 Å². The normalized spacial score (nSPS) is 19.5. The highest BCUT2D eigenvalue weighted by Gasteiger charge is 2.44. The summed E-state index contributed by atoms with van der Waals surface area (Å²) in [6, 6.07) is 15.2. The molecule has 0 amide bonds. The van der Waals surface area contributed by atoms with Gasteiger partial charge in [0.1, 0.15) is 11.6 Å². The van der Waals surface area contributed by atoms with Crippen molar-refractivity contribution in [3.8, 4) is 5.75 Å². The summed E-state index contributed by atoms with van der Waals surface area (Å²) in [5.41, 5.74) is 2.28. The first-order valence-corrected chi connectivity index (χ1v) is 10.7. The monoisotopic (exact) mass is 538 g/mol. The number of hydrogen-bond donors (Lipinski definition) is 2. The molecule has 5 nitrogen and oxygen atoms in total. The Bertz CT molecular complexity index is 903. The molecule has 1 saturated carbocycles. The van der Waals surface area contributed by atoms with Gasteiger partial charge in [0.2, 0.25) is 0 Å². The number of para-hydroxylation sites is 2. The van der Waals surface area contributed by atoms with E-state index >= 15 is 0 Å². The van der Waals surface area contributed by atoms with Gasteiger partial charge in [-0.3, -0.25) is 4.99 Å². The molecule has 0 bridgehead atoms. The number of benzene rings is 2. The van der Waals surface area contributed by atoms with Crippen LogP contribution in [0.5, 0.6) is 5.75 Å². The number of guanidine groups is 1. The molecule has 1 atom stereocenters. The molecule has 0 spiro atoms. The van der Waals surface area contributed by atoms with Crippen LogP contribution in [0.4, 0.5) is 10.1 Å². The lowest BCUT2D eigenvalue weighted by Gasteiger charge is -2.22. The van der Waals surface area contributed by atoms with Crippen LogP contribution in [0.2, 0.25) is 0 Å². The zero-order valence-corrected chi connectivity index (χ0v) is 20.6. The van der Waals surface area contributed by atoms with Crippen molar-refractivity contribution in [3.05, 3.63) is 59.9 Å². The minimum Gasteiger partial charge on any atom is -0.495 e. The average Bonchev–Trinajstić information content (AvgIpc) is 3.43. The molecule has 168 valence electrons. The fraction of sp³-hybridized carbons (Fsp3) is 0.458. The average molecular weight is 538 g/mol. The van der Waals surface area contributed by atoms with Crippen molar-refractivity contribution < 1.29 is 9.13 Å². The number of hydrogen-bond acceptors (Lipinski definition) is 3. The highest BCUT2D eigenvalue weighted by atomic mass is 127. The predicted molar refractivity (Wildman–Crippen MR) is 135 cm³/mol. The van der Waals surface area contributed by atoms with Crippen LogP contribution >= 0.6 is 24.0 Å². The summed E-state index contributed by atoms with van der Waals surface area (Å²) in [5.74, 6) is 2.12. The Morgan fingerprint density at radius 1 is 1.19 bits per heavy atom. The first-order chi connectivity index (χ1) is 14.6. The number of rotatable bonds is 7. The number of methoxy groups -OCH3 is 1. The van der Waals surface area contributed by atoms with E-state index in [1.165, 1.54) is 6.07 Å². The Hall–Kier alpha value is -2.03. The Kier molecular flexibility index (Phi) is 8.02. The summed E-state index contributed by atoms with van der Waals surface area (Å²) < 4.78 is 19.1. The summed E-state index contributed by atoms with van der Waals surface area (Å²) in [7, 11) is 3.52. The van der Waals surface area contributed by atoms with Crippen LogP contribution in [0.15, 0.2) is 53.5 Å². The van der Waals surface area contributed by atoms with Crippen molar-refractivity contribution in [2.24, 2.45) is 10.9 Å². The molecule has 1 heterocycles. The summed E-state index contributed by atoms with van der Waals surface area (Å²) in [5, 5.41) is 6.94. The molecular weight excluding hydrogens is 506 g/mol. The second kappa shape index (κ2) is 10.5. The highest BCUT2D eigenvalue weighted by Crippen LogP contribution is 2.47. The third kappa shape index (κ3) is 5.61. The predicted octanol–water partition coefficient (Wildman–Crippen LogP) is 4.18. The van der Waals surface area contributed by atoms with Gasteiger partial charge >= 0.3 is 0 Å². The van der Waals surface area contributed by atoms with Crippen molar-refractivity contribution >= 4 is 35.6 Å². The van der Waals surface area contributed by atoms with Crippen molar-refractivity contribution in [2.45, 2.75) is 24.7 Å². The largest absolute Gasteiger partial charge is 0.495 e. The molecular formula is C24H32FIN4O. The molecule has 2 aromatic carbocycles. The molecule has 2 aliphatic rings. The summed E-state index contributed by atoms with van der Waals surface area (Å²) in [6.07, 6.45) is 3.29. The number of aliphatic imine (C=N–C) groups is 1. The molecule has 0 aromatic heterocycles. The molecule has 2 fully saturated rings. The van der Waals surface area contributed by atoms with E-state index in [4.69, 9.17) is 4.74 Å². The number of nitrogens with one attached hydrogen (secondary N) is 2. The van der Waals surface area contributed by atoms with Crippen LogP contribution in [0.3, 0.4) is 0 Å². The van der Waals surface area contributed by atoms with Crippen molar-refractivity contribution in [2.75, 3.05) is 45.2 Å². The van der Waals surface area contributed by atoms with Crippen LogP contribution in [0.25, 0.3) is 0 Å². The van der Waals surface area contributed by atoms with Crippen LogP contribution in [-0.2, 0) is 5.41 Å². The third-order valence-electron chi connectivity index (χ3n) is 6.38. The van der Waals surface area contributed by atoms with Gasteiger partial charge in [0, 0.05) is 38.6 Å². The second-order valence-corrected chi connectivity index (χ2v) is 8.37. The Morgan fingerprint density at radius 2 is 2.00 bits per heavy atom. The summed E-state index contributed by atoms with van der Waals surface area (Å²) in [4.78, 5) is 6.78. The van der Waals surface area contributed by atoms with Crippen molar-refractivity contribution in [3.63, 3.8) is 0 Å². The minimum atomic E-state index is -0.165. The molecule has 1 saturated heterocycles. The number of ether oxygens (including phenoxy) is 1. The molecule has 1 unspecified atom stereocenters. The van der Waals surface area contributed by atoms with Gasteiger partial charge in [0.05, 0.1) is 12.8 Å². The van der Waals surface area contributed by atoms with E-state index in [9.17, 15) is 4.39 Å². The van der Waals surface area contributed by atoms with Gasteiger partial charge < -0.3 is 20.3 Å². The summed E-state index contributed by atoms with van der Waals surface area (Å²) >= 11 is 0. The third-order valence-corrected chi connectivity index (χ3v) is 6.38. The second-order valence-electron chi connectivity index (χ2n) is 8.37. The maximum absolute atomic E-state index is 13.6. The van der Waals surface area contributed by atoms with Crippen LogP contribution in [-0.4, -0.2) is 46.3 Å². The van der Waals surface area contributed by atoms with E-state index in [0.29, 0.717) is 5.92 Å². The van der Waals surface area contributed by atoms with Crippen molar-refractivity contribution in [1.29, 1.82) is 0 Å². The molecule has 1 aliphatic carbocycles. The van der Waals surface area contributed by atoms with Crippen LogP contribution in [0, 0.1) is 11.7 Å². The lowest BCUT2D eigenvalue weighted by Crippen LogP contribution is -2.43. The fourth-order valence-corrected chi connectivity index (χ4v) is 4.36. The van der Waals surface area contributed by atoms with E-state index in [-0.39, 0.29) is 35.2 Å². The number of nitrogens with zero attached hydrogens (tertiary/aromatic N) is 2. The Balaban J connectivity index is 0.00000272. The van der Waals surface area contributed by atoms with Gasteiger partial charge in [-0.2, -0.15) is 0 Å². The molecule has 31 heavy (non-hydrogen) atoms. The number of halogens is 2. The molecule has 1 aliphatic heterocycles.